The van der Waals surface area contributed by atoms with Crippen molar-refractivity contribution in [1.29, 1.82) is 0 Å². The molecule has 1 saturated heterocycles. The average molecular weight is 309 g/mol. The molecule has 1 aliphatic heterocycles. The van der Waals surface area contributed by atoms with Gasteiger partial charge in [0.1, 0.15) is 0 Å². The van der Waals surface area contributed by atoms with Gasteiger partial charge < -0.3 is 10.6 Å². The zero-order valence-corrected chi connectivity index (χ0v) is 13.5. The molecule has 0 radical (unpaired) electrons. The largest absolute Gasteiger partial charge is 0.366 e. The minimum Gasteiger partial charge on any atom is -0.366 e. The number of piperazine rings is 1. The van der Waals surface area contributed by atoms with Crippen molar-refractivity contribution in [2.75, 3.05) is 33.2 Å². The Hall–Kier alpha value is -2.17. The van der Waals surface area contributed by atoms with Crippen molar-refractivity contribution >= 4 is 5.91 Å². The second kappa shape index (κ2) is 6.94. The van der Waals surface area contributed by atoms with Crippen molar-refractivity contribution in [2.24, 2.45) is 5.73 Å². The van der Waals surface area contributed by atoms with Crippen molar-refractivity contribution in [1.82, 2.24) is 9.80 Å². The molecule has 4 nitrogen and oxygen atoms in total. The number of carbonyl (C=O) groups excluding carboxylic acids is 1. The molecule has 0 saturated carbocycles. The summed E-state index contributed by atoms with van der Waals surface area (Å²) in [6.07, 6.45) is 0. The van der Waals surface area contributed by atoms with Gasteiger partial charge in [0.05, 0.1) is 0 Å². The minimum atomic E-state index is -0.387. The Balaban J connectivity index is 1.74. The van der Waals surface area contributed by atoms with Crippen LogP contribution in [0.2, 0.25) is 0 Å². The van der Waals surface area contributed by atoms with E-state index in [1.165, 1.54) is 5.56 Å². The van der Waals surface area contributed by atoms with Crippen molar-refractivity contribution in [3.8, 4) is 11.1 Å². The fraction of sp³-hybridized carbons (Fsp3) is 0.316. The van der Waals surface area contributed by atoms with Crippen LogP contribution in [0.4, 0.5) is 0 Å². The van der Waals surface area contributed by atoms with Crippen molar-refractivity contribution < 1.29 is 4.79 Å². The van der Waals surface area contributed by atoms with Crippen LogP contribution in [0.5, 0.6) is 0 Å². The summed E-state index contributed by atoms with van der Waals surface area (Å²) in [5.74, 6) is -0.387. The van der Waals surface area contributed by atoms with E-state index in [1.54, 1.807) is 6.07 Å². The third kappa shape index (κ3) is 3.78. The Morgan fingerprint density at radius 1 is 1.00 bits per heavy atom. The molecule has 2 aromatic rings. The van der Waals surface area contributed by atoms with Gasteiger partial charge in [-0.2, -0.15) is 0 Å². The molecule has 3 rings (SSSR count). The molecule has 1 aliphatic rings. The second-order valence-electron chi connectivity index (χ2n) is 6.19. The van der Waals surface area contributed by atoms with Gasteiger partial charge in [-0.05, 0) is 29.8 Å². The summed E-state index contributed by atoms with van der Waals surface area (Å²) in [7, 11) is 2.17. The van der Waals surface area contributed by atoms with Crippen LogP contribution < -0.4 is 5.73 Å². The van der Waals surface area contributed by atoms with E-state index in [4.69, 9.17) is 5.73 Å². The third-order valence-electron chi connectivity index (χ3n) is 4.46. The maximum Gasteiger partial charge on any atom is 0.249 e. The van der Waals surface area contributed by atoms with E-state index >= 15 is 0 Å². The predicted octanol–water partition coefficient (Wildman–Crippen LogP) is 2.20. The first-order valence-electron chi connectivity index (χ1n) is 8.02. The number of hydrogen-bond donors (Lipinski definition) is 1. The van der Waals surface area contributed by atoms with Crippen molar-refractivity contribution in [2.45, 2.75) is 6.54 Å². The van der Waals surface area contributed by atoms with Crippen molar-refractivity contribution in [3.63, 3.8) is 0 Å². The SMILES string of the molecule is CN1CCN(Cc2ccc(-c3ccccc3C(N)=O)cc2)CC1. The van der Waals surface area contributed by atoms with Gasteiger partial charge >= 0.3 is 0 Å². The molecule has 0 spiro atoms. The van der Waals surface area contributed by atoms with Crippen LogP contribution in [0, 0.1) is 0 Å². The Morgan fingerprint density at radius 3 is 2.30 bits per heavy atom. The van der Waals surface area contributed by atoms with Gasteiger partial charge in [-0.25, -0.2) is 0 Å². The van der Waals surface area contributed by atoms with Gasteiger partial charge in [0, 0.05) is 38.3 Å². The summed E-state index contributed by atoms with van der Waals surface area (Å²) in [6, 6.07) is 15.9. The second-order valence-corrected chi connectivity index (χ2v) is 6.19. The molecule has 0 aliphatic carbocycles. The zero-order valence-electron chi connectivity index (χ0n) is 13.5. The number of amides is 1. The lowest BCUT2D eigenvalue weighted by atomic mass is 9.98. The van der Waals surface area contributed by atoms with E-state index in [2.05, 4.69) is 41.1 Å². The number of carbonyl (C=O) groups is 1. The summed E-state index contributed by atoms with van der Waals surface area (Å²) in [4.78, 5) is 16.4. The number of primary amides is 1. The first-order valence-corrected chi connectivity index (χ1v) is 8.02. The maximum atomic E-state index is 11.6. The molecule has 120 valence electrons. The fourth-order valence-electron chi connectivity index (χ4n) is 3.00. The standard InChI is InChI=1S/C19H23N3O/c1-21-10-12-22(13-11-21)14-15-6-8-16(9-7-15)17-4-2-3-5-18(17)19(20)23/h2-9H,10-14H2,1H3,(H2,20,23). The summed E-state index contributed by atoms with van der Waals surface area (Å²) in [5.41, 5.74) is 9.26. The Bertz CT molecular complexity index is 673. The molecular weight excluding hydrogens is 286 g/mol. The first kappa shape index (κ1) is 15.7. The summed E-state index contributed by atoms with van der Waals surface area (Å²) in [6.45, 7) is 5.46. The van der Waals surface area contributed by atoms with Gasteiger partial charge in [0.15, 0.2) is 0 Å². The molecule has 2 N–H and O–H groups in total. The first-order chi connectivity index (χ1) is 11.1. The van der Waals surface area contributed by atoms with E-state index in [0.29, 0.717) is 5.56 Å². The lowest BCUT2D eigenvalue weighted by Crippen LogP contribution is -2.43. The Morgan fingerprint density at radius 2 is 1.65 bits per heavy atom. The highest BCUT2D eigenvalue weighted by atomic mass is 16.1. The van der Waals surface area contributed by atoms with E-state index in [1.807, 2.05) is 18.2 Å². The number of nitrogens with two attached hydrogens (primary N) is 1. The number of likely N-dealkylation sites (N-methyl/N-ethyl adjacent to an activating group) is 1. The summed E-state index contributed by atoms with van der Waals surface area (Å²) < 4.78 is 0. The van der Waals surface area contributed by atoms with Gasteiger partial charge in [0.2, 0.25) is 5.91 Å². The van der Waals surface area contributed by atoms with Crippen LogP contribution in [0.3, 0.4) is 0 Å². The zero-order chi connectivity index (χ0) is 16.2. The van der Waals surface area contributed by atoms with Gasteiger partial charge in [-0.3, -0.25) is 9.69 Å². The van der Waals surface area contributed by atoms with Crippen LogP contribution in [-0.2, 0) is 6.54 Å². The van der Waals surface area contributed by atoms with Crippen LogP contribution in [0.1, 0.15) is 15.9 Å². The lowest BCUT2D eigenvalue weighted by Gasteiger charge is -2.32. The van der Waals surface area contributed by atoms with E-state index < -0.39 is 0 Å². The molecule has 0 unspecified atom stereocenters. The van der Waals surface area contributed by atoms with E-state index in [9.17, 15) is 4.79 Å². The average Bonchev–Trinajstić information content (AvgIpc) is 2.58. The van der Waals surface area contributed by atoms with Crippen LogP contribution in [0.15, 0.2) is 48.5 Å². The number of nitrogens with zero attached hydrogens (tertiary/aromatic N) is 2. The molecule has 1 heterocycles. The van der Waals surface area contributed by atoms with E-state index in [0.717, 1.165) is 43.9 Å². The molecule has 23 heavy (non-hydrogen) atoms. The minimum absolute atomic E-state index is 0.387. The smallest absolute Gasteiger partial charge is 0.249 e. The Labute approximate surface area is 137 Å². The number of hydrogen-bond acceptors (Lipinski definition) is 3. The monoisotopic (exact) mass is 309 g/mol. The highest BCUT2D eigenvalue weighted by molar-refractivity contribution is 5.99. The van der Waals surface area contributed by atoms with E-state index in [-0.39, 0.29) is 5.91 Å². The van der Waals surface area contributed by atoms with Crippen molar-refractivity contribution in [3.05, 3.63) is 59.7 Å². The van der Waals surface area contributed by atoms with Crippen LogP contribution >= 0.6 is 0 Å². The molecule has 1 fully saturated rings. The molecule has 0 atom stereocenters. The molecule has 2 aromatic carbocycles. The number of benzene rings is 2. The summed E-state index contributed by atoms with van der Waals surface area (Å²) in [5, 5.41) is 0. The van der Waals surface area contributed by atoms with Gasteiger partial charge in [-0.15, -0.1) is 0 Å². The fourth-order valence-corrected chi connectivity index (χ4v) is 3.00. The third-order valence-corrected chi connectivity index (χ3v) is 4.46. The van der Waals surface area contributed by atoms with Crippen LogP contribution in [0.25, 0.3) is 11.1 Å². The number of rotatable bonds is 4. The molecule has 1 amide bonds. The van der Waals surface area contributed by atoms with Crippen LogP contribution in [-0.4, -0.2) is 48.9 Å². The lowest BCUT2D eigenvalue weighted by molar-refractivity contribution is 0.100. The predicted molar refractivity (Wildman–Crippen MR) is 93.2 cm³/mol. The molecule has 0 aromatic heterocycles. The molecule has 4 heteroatoms. The topological polar surface area (TPSA) is 49.6 Å². The quantitative estimate of drug-likeness (QED) is 0.942. The maximum absolute atomic E-state index is 11.6. The normalized spacial score (nSPS) is 16.4. The summed E-state index contributed by atoms with van der Waals surface area (Å²) >= 11 is 0. The van der Waals surface area contributed by atoms with Gasteiger partial charge in [0.25, 0.3) is 0 Å². The molecule has 0 bridgehead atoms. The van der Waals surface area contributed by atoms with Gasteiger partial charge in [-0.1, -0.05) is 42.5 Å². The molecular formula is C19H23N3O. The highest BCUT2D eigenvalue weighted by Gasteiger charge is 2.14. The highest BCUT2D eigenvalue weighted by Crippen LogP contribution is 2.24. The Kier molecular flexibility index (Phi) is 4.74.